The number of ether oxygens (including phenoxy) is 2. The topological polar surface area (TPSA) is 76.7 Å². The third kappa shape index (κ3) is 5.61. The van der Waals surface area contributed by atoms with Crippen molar-refractivity contribution >= 4 is 11.8 Å². The molecular formula is C26H34N2O4. The van der Waals surface area contributed by atoms with Gasteiger partial charge >= 0.3 is 0 Å². The molecule has 0 spiro atoms. The lowest BCUT2D eigenvalue weighted by atomic mass is 9.62. The van der Waals surface area contributed by atoms with E-state index in [0.29, 0.717) is 29.2 Å². The van der Waals surface area contributed by atoms with Crippen LogP contribution in [0.3, 0.4) is 0 Å². The number of hydrogen-bond donors (Lipinski definition) is 2. The van der Waals surface area contributed by atoms with E-state index in [4.69, 9.17) is 9.47 Å². The van der Waals surface area contributed by atoms with Crippen molar-refractivity contribution in [2.45, 2.75) is 46.1 Å². The van der Waals surface area contributed by atoms with Crippen LogP contribution >= 0.6 is 0 Å². The van der Waals surface area contributed by atoms with Crippen LogP contribution in [0.15, 0.2) is 48.5 Å². The van der Waals surface area contributed by atoms with Gasteiger partial charge in [0.15, 0.2) is 0 Å². The predicted octanol–water partition coefficient (Wildman–Crippen LogP) is 4.45. The van der Waals surface area contributed by atoms with Crippen molar-refractivity contribution in [3.63, 3.8) is 0 Å². The van der Waals surface area contributed by atoms with Crippen molar-refractivity contribution in [3.05, 3.63) is 59.7 Å². The summed E-state index contributed by atoms with van der Waals surface area (Å²) in [5.74, 6) is 0.834. The van der Waals surface area contributed by atoms with E-state index in [-0.39, 0.29) is 28.7 Å². The van der Waals surface area contributed by atoms with Crippen LogP contribution in [-0.4, -0.2) is 38.6 Å². The largest absolute Gasteiger partial charge is 0.496 e. The molecule has 6 heteroatoms. The lowest BCUT2D eigenvalue weighted by Crippen LogP contribution is -2.50. The second-order valence-electron chi connectivity index (χ2n) is 9.81. The van der Waals surface area contributed by atoms with E-state index in [1.54, 1.807) is 38.5 Å². The first-order valence-corrected chi connectivity index (χ1v) is 11.0. The maximum absolute atomic E-state index is 13.0. The van der Waals surface area contributed by atoms with E-state index >= 15 is 0 Å². The van der Waals surface area contributed by atoms with Gasteiger partial charge in [-0.05, 0) is 54.4 Å². The van der Waals surface area contributed by atoms with Crippen LogP contribution in [0, 0.1) is 10.8 Å². The molecule has 1 fully saturated rings. The van der Waals surface area contributed by atoms with Crippen LogP contribution in [0.25, 0.3) is 0 Å². The van der Waals surface area contributed by atoms with E-state index < -0.39 is 0 Å². The summed E-state index contributed by atoms with van der Waals surface area (Å²) in [4.78, 5) is 25.8. The SMILES string of the molecule is COc1ccccc1C(=O)NCC1(C)CC(NC(=O)c2ccccc2OC)CC(C)(C)C1. The molecule has 0 aromatic heterocycles. The van der Waals surface area contributed by atoms with Gasteiger partial charge < -0.3 is 20.1 Å². The predicted molar refractivity (Wildman–Crippen MR) is 125 cm³/mol. The van der Waals surface area contributed by atoms with Crippen LogP contribution < -0.4 is 20.1 Å². The van der Waals surface area contributed by atoms with Crippen molar-refractivity contribution in [1.82, 2.24) is 10.6 Å². The fourth-order valence-corrected chi connectivity index (χ4v) is 5.19. The summed E-state index contributed by atoms with van der Waals surface area (Å²) in [6.45, 7) is 7.14. The molecule has 6 nitrogen and oxygen atoms in total. The molecule has 3 rings (SSSR count). The van der Waals surface area contributed by atoms with Crippen LogP contribution in [0.4, 0.5) is 0 Å². The summed E-state index contributed by atoms with van der Waals surface area (Å²) in [7, 11) is 3.13. The van der Waals surface area contributed by atoms with E-state index in [1.165, 1.54) is 0 Å². The van der Waals surface area contributed by atoms with Crippen molar-refractivity contribution in [3.8, 4) is 11.5 Å². The Morgan fingerprint density at radius 2 is 1.41 bits per heavy atom. The highest BCUT2D eigenvalue weighted by atomic mass is 16.5. The van der Waals surface area contributed by atoms with E-state index in [9.17, 15) is 9.59 Å². The van der Waals surface area contributed by atoms with Crippen molar-refractivity contribution in [2.24, 2.45) is 10.8 Å². The Morgan fingerprint density at radius 1 is 0.875 bits per heavy atom. The second-order valence-corrected chi connectivity index (χ2v) is 9.81. The summed E-state index contributed by atoms with van der Waals surface area (Å²) in [6.07, 6.45) is 2.61. The van der Waals surface area contributed by atoms with Gasteiger partial charge in [-0.15, -0.1) is 0 Å². The van der Waals surface area contributed by atoms with Gasteiger partial charge in [0.1, 0.15) is 11.5 Å². The Hall–Kier alpha value is -3.02. The lowest BCUT2D eigenvalue weighted by molar-refractivity contribution is 0.0590. The zero-order chi connectivity index (χ0) is 23.4. The number of carbonyl (C=O) groups is 2. The molecule has 0 saturated heterocycles. The molecule has 2 N–H and O–H groups in total. The van der Waals surface area contributed by atoms with Crippen molar-refractivity contribution in [1.29, 1.82) is 0 Å². The normalized spacial score (nSPS) is 22.0. The Bertz CT molecular complexity index is 972. The average Bonchev–Trinajstić information content (AvgIpc) is 2.76. The molecule has 0 bridgehead atoms. The first-order valence-electron chi connectivity index (χ1n) is 11.0. The summed E-state index contributed by atoms with van der Waals surface area (Å²) in [5.41, 5.74) is 0.929. The molecule has 1 saturated carbocycles. The molecule has 2 aromatic carbocycles. The molecule has 0 heterocycles. The lowest BCUT2D eigenvalue weighted by Gasteiger charge is -2.47. The van der Waals surface area contributed by atoms with Crippen LogP contribution in [0.1, 0.15) is 60.7 Å². The van der Waals surface area contributed by atoms with E-state index in [0.717, 1.165) is 19.3 Å². The summed E-state index contributed by atoms with van der Waals surface area (Å²) in [5, 5.41) is 6.30. The average molecular weight is 439 g/mol. The van der Waals surface area contributed by atoms with Gasteiger partial charge in [0.05, 0.1) is 25.3 Å². The number of methoxy groups -OCH3 is 2. The number of amides is 2. The number of nitrogens with one attached hydrogen (secondary N) is 2. The van der Waals surface area contributed by atoms with Gasteiger partial charge in [0.2, 0.25) is 0 Å². The number of benzene rings is 2. The Balaban J connectivity index is 1.70. The molecular weight excluding hydrogens is 404 g/mol. The summed E-state index contributed by atoms with van der Waals surface area (Å²) < 4.78 is 10.7. The fraction of sp³-hybridized carbons (Fsp3) is 0.462. The zero-order valence-corrected chi connectivity index (χ0v) is 19.7. The quantitative estimate of drug-likeness (QED) is 0.670. The third-order valence-corrected chi connectivity index (χ3v) is 6.16. The molecule has 32 heavy (non-hydrogen) atoms. The van der Waals surface area contributed by atoms with Gasteiger partial charge in [-0.25, -0.2) is 0 Å². The number of carbonyl (C=O) groups excluding carboxylic acids is 2. The van der Waals surface area contributed by atoms with Crippen molar-refractivity contribution in [2.75, 3.05) is 20.8 Å². The Kier molecular flexibility index (Phi) is 7.12. The molecule has 1 aliphatic rings. The molecule has 172 valence electrons. The van der Waals surface area contributed by atoms with E-state index in [1.807, 2.05) is 24.3 Å². The standard InChI is InChI=1S/C26H34N2O4/c1-25(2)14-18(28-24(30)20-11-7-9-13-22(20)32-5)15-26(3,16-25)17-27-23(29)19-10-6-8-12-21(19)31-4/h6-13,18H,14-17H2,1-5H3,(H,27,29)(H,28,30). The number of rotatable bonds is 7. The summed E-state index contributed by atoms with van der Waals surface area (Å²) >= 11 is 0. The van der Waals surface area contributed by atoms with E-state index in [2.05, 4.69) is 31.4 Å². The van der Waals surface area contributed by atoms with Gasteiger partial charge in [0.25, 0.3) is 11.8 Å². The minimum Gasteiger partial charge on any atom is -0.496 e. The van der Waals surface area contributed by atoms with Crippen LogP contribution in [0.2, 0.25) is 0 Å². The zero-order valence-electron chi connectivity index (χ0n) is 19.7. The molecule has 2 unspecified atom stereocenters. The number of hydrogen-bond acceptors (Lipinski definition) is 4. The molecule has 1 aliphatic carbocycles. The molecule has 2 amide bonds. The fourth-order valence-electron chi connectivity index (χ4n) is 5.19. The van der Waals surface area contributed by atoms with Crippen LogP contribution in [-0.2, 0) is 0 Å². The minimum absolute atomic E-state index is 0.00401. The molecule has 0 aliphatic heterocycles. The highest BCUT2D eigenvalue weighted by Gasteiger charge is 2.42. The highest BCUT2D eigenvalue weighted by Crippen LogP contribution is 2.46. The summed E-state index contributed by atoms with van der Waals surface area (Å²) in [6, 6.07) is 14.5. The van der Waals surface area contributed by atoms with Crippen molar-refractivity contribution < 1.29 is 19.1 Å². The van der Waals surface area contributed by atoms with Crippen LogP contribution in [0.5, 0.6) is 11.5 Å². The Labute approximate surface area is 190 Å². The Morgan fingerprint density at radius 3 is 1.97 bits per heavy atom. The van der Waals surface area contributed by atoms with Gasteiger partial charge in [-0.3, -0.25) is 9.59 Å². The monoisotopic (exact) mass is 438 g/mol. The van der Waals surface area contributed by atoms with Gasteiger partial charge in [0, 0.05) is 12.6 Å². The van der Waals surface area contributed by atoms with Gasteiger partial charge in [-0.2, -0.15) is 0 Å². The molecule has 2 atom stereocenters. The number of para-hydroxylation sites is 2. The maximum atomic E-state index is 13.0. The maximum Gasteiger partial charge on any atom is 0.255 e. The van der Waals surface area contributed by atoms with Gasteiger partial charge in [-0.1, -0.05) is 45.0 Å². The second kappa shape index (κ2) is 9.63. The third-order valence-electron chi connectivity index (χ3n) is 6.16. The molecule has 2 aromatic rings. The highest BCUT2D eigenvalue weighted by molar-refractivity contribution is 5.97. The smallest absolute Gasteiger partial charge is 0.255 e. The minimum atomic E-state index is -0.155. The first-order chi connectivity index (χ1) is 15.2. The first kappa shape index (κ1) is 23.6. The molecule has 0 radical (unpaired) electrons.